The van der Waals surface area contributed by atoms with E-state index >= 15 is 0 Å². The van der Waals surface area contributed by atoms with E-state index in [9.17, 15) is 0 Å². The van der Waals surface area contributed by atoms with Gasteiger partial charge in [0.25, 0.3) is 0 Å². The Morgan fingerprint density at radius 2 is 2.05 bits per heavy atom. The lowest BCUT2D eigenvalue weighted by molar-refractivity contribution is 0.452. The zero-order chi connectivity index (χ0) is 12.9. The maximum absolute atomic E-state index is 4.73. The second-order valence-electron chi connectivity index (χ2n) is 4.96. The first-order chi connectivity index (χ1) is 9.42. The summed E-state index contributed by atoms with van der Waals surface area (Å²) in [7, 11) is 0. The summed E-state index contributed by atoms with van der Waals surface area (Å²) in [5.74, 6) is 1.47. The molecule has 0 saturated carbocycles. The van der Waals surface area contributed by atoms with Crippen molar-refractivity contribution >= 4 is 0 Å². The van der Waals surface area contributed by atoms with Gasteiger partial charge < -0.3 is 5.32 Å². The van der Waals surface area contributed by atoms with Gasteiger partial charge in [-0.05, 0) is 43.6 Å². The van der Waals surface area contributed by atoms with E-state index in [1.807, 2.05) is 18.5 Å². The van der Waals surface area contributed by atoms with Gasteiger partial charge in [0, 0.05) is 36.6 Å². The van der Waals surface area contributed by atoms with Gasteiger partial charge in [0.15, 0.2) is 0 Å². The second kappa shape index (κ2) is 5.89. The van der Waals surface area contributed by atoms with E-state index in [0.717, 1.165) is 30.9 Å². The van der Waals surface area contributed by atoms with Gasteiger partial charge in [-0.3, -0.25) is 4.98 Å². The molecule has 19 heavy (non-hydrogen) atoms. The number of piperidine rings is 1. The first-order valence-electron chi connectivity index (χ1n) is 6.83. The zero-order valence-corrected chi connectivity index (χ0v) is 10.9. The van der Waals surface area contributed by atoms with Crippen LogP contribution in [0.3, 0.4) is 0 Å². The Hall–Kier alpha value is -1.81. The first-order valence-corrected chi connectivity index (χ1v) is 6.83. The van der Waals surface area contributed by atoms with E-state index in [0.29, 0.717) is 5.92 Å². The molecule has 2 aromatic rings. The maximum atomic E-state index is 4.73. The molecule has 3 heterocycles. The van der Waals surface area contributed by atoms with Gasteiger partial charge in [-0.2, -0.15) is 0 Å². The summed E-state index contributed by atoms with van der Waals surface area (Å²) >= 11 is 0. The number of nitrogens with zero attached hydrogens (tertiary/aromatic N) is 3. The maximum Gasteiger partial charge on any atom is 0.132 e. The van der Waals surface area contributed by atoms with E-state index in [2.05, 4.69) is 27.4 Å². The van der Waals surface area contributed by atoms with Crippen molar-refractivity contribution in [2.75, 3.05) is 13.1 Å². The third-order valence-electron chi connectivity index (χ3n) is 3.57. The molecule has 0 bridgehead atoms. The minimum Gasteiger partial charge on any atom is -0.317 e. The largest absolute Gasteiger partial charge is 0.317 e. The predicted octanol–water partition coefficient (Wildman–Crippen LogP) is 1.93. The fraction of sp³-hybridized carbons (Fsp3) is 0.400. The van der Waals surface area contributed by atoms with Gasteiger partial charge in [-0.1, -0.05) is 6.07 Å². The molecule has 0 spiro atoms. The SMILES string of the molecule is c1cncc(Cc2nccc(C3CCNCC3)n2)c1. The highest BCUT2D eigenvalue weighted by Crippen LogP contribution is 2.23. The van der Waals surface area contributed by atoms with Crippen LogP contribution < -0.4 is 5.32 Å². The number of pyridine rings is 1. The Balaban J connectivity index is 1.76. The molecule has 0 atom stereocenters. The highest BCUT2D eigenvalue weighted by atomic mass is 14.9. The zero-order valence-electron chi connectivity index (χ0n) is 10.9. The van der Waals surface area contributed by atoms with Crippen molar-refractivity contribution in [3.05, 3.63) is 53.9 Å². The molecule has 0 unspecified atom stereocenters. The lowest BCUT2D eigenvalue weighted by Crippen LogP contribution is -2.27. The first kappa shape index (κ1) is 12.2. The average molecular weight is 254 g/mol. The summed E-state index contributed by atoms with van der Waals surface area (Å²) in [4.78, 5) is 13.2. The van der Waals surface area contributed by atoms with Crippen molar-refractivity contribution in [3.63, 3.8) is 0 Å². The minimum atomic E-state index is 0.580. The molecular weight excluding hydrogens is 236 g/mol. The van der Waals surface area contributed by atoms with E-state index in [1.54, 1.807) is 6.20 Å². The lowest BCUT2D eigenvalue weighted by Gasteiger charge is -2.22. The third-order valence-corrected chi connectivity index (χ3v) is 3.57. The molecule has 4 heteroatoms. The van der Waals surface area contributed by atoms with E-state index in [1.165, 1.54) is 18.5 Å². The summed E-state index contributed by atoms with van der Waals surface area (Å²) < 4.78 is 0. The molecule has 1 aliphatic rings. The van der Waals surface area contributed by atoms with Gasteiger partial charge in [-0.25, -0.2) is 9.97 Å². The number of nitrogens with one attached hydrogen (secondary N) is 1. The lowest BCUT2D eigenvalue weighted by atomic mass is 9.94. The number of hydrogen-bond acceptors (Lipinski definition) is 4. The number of aromatic nitrogens is 3. The Bertz CT molecular complexity index is 521. The quantitative estimate of drug-likeness (QED) is 0.909. The normalized spacial score (nSPS) is 16.4. The van der Waals surface area contributed by atoms with Crippen LogP contribution in [0, 0.1) is 0 Å². The fourth-order valence-electron chi connectivity index (χ4n) is 2.53. The monoisotopic (exact) mass is 254 g/mol. The molecule has 1 fully saturated rings. The molecule has 0 amide bonds. The Morgan fingerprint density at radius 3 is 2.84 bits per heavy atom. The molecule has 0 radical (unpaired) electrons. The van der Waals surface area contributed by atoms with Crippen LogP contribution in [0.4, 0.5) is 0 Å². The fourth-order valence-corrected chi connectivity index (χ4v) is 2.53. The smallest absolute Gasteiger partial charge is 0.132 e. The molecule has 1 N–H and O–H groups in total. The molecule has 1 saturated heterocycles. The Kier molecular flexibility index (Phi) is 3.79. The Morgan fingerprint density at radius 1 is 1.16 bits per heavy atom. The van der Waals surface area contributed by atoms with E-state index in [-0.39, 0.29) is 0 Å². The third kappa shape index (κ3) is 3.15. The Labute approximate surface area is 113 Å². The second-order valence-corrected chi connectivity index (χ2v) is 4.96. The van der Waals surface area contributed by atoms with Crippen LogP contribution in [0.2, 0.25) is 0 Å². The number of rotatable bonds is 3. The minimum absolute atomic E-state index is 0.580. The van der Waals surface area contributed by atoms with Crippen LogP contribution in [-0.2, 0) is 6.42 Å². The van der Waals surface area contributed by atoms with E-state index < -0.39 is 0 Å². The topological polar surface area (TPSA) is 50.7 Å². The van der Waals surface area contributed by atoms with Crippen molar-refractivity contribution < 1.29 is 0 Å². The molecule has 2 aromatic heterocycles. The van der Waals surface area contributed by atoms with Crippen molar-refractivity contribution in [2.24, 2.45) is 0 Å². The van der Waals surface area contributed by atoms with Crippen molar-refractivity contribution in [3.8, 4) is 0 Å². The summed E-state index contributed by atoms with van der Waals surface area (Å²) in [5.41, 5.74) is 2.35. The van der Waals surface area contributed by atoms with Crippen LogP contribution in [0.5, 0.6) is 0 Å². The van der Waals surface area contributed by atoms with Gasteiger partial charge in [0.05, 0.1) is 0 Å². The van der Waals surface area contributed by atoms with Gasteiger partial charge in [0.2, 0.25) is 0 Å². The van der Waals surface area contributed by atoms with Crippen LogP contribution >= 0.6 is 0 Å². The van der Waals surface area contributed by atoms with Crippen LogP contribution in [0.1, 0.15) is 35.8 Å². The molecular formula is C15H18N4. The molecule has 0 aromatic carbocycles. The van der Waals surface area contributed by atoms with Crippen LogP contribution in [-0.4, -0.2) is 28.0 Å². The van der Waals surface area contributed by atoms with Crippen LogP contribution in [0.25, 0.3) is 0 Å². The standard InChI is InChI=1S/C15H18N4/c1-2-12(11-17-6-1)10-15-18-9-5-14(19-15)13-3-7-16-8-4-13/h1-2,5-6,9,11,13,16H,3-4,7-8,10H2. The molecule has 0 aliphatic carbocycles. The molecule has 3 rings (SSSR count). The van der Waals surface area contributed by atoms with Crippen molar-refractivity contribution in [2.45, 2.75) is 25.2 Å². The summed E-state index contributed by atoms with van der Waals surface area (Å²) in [6.45, 7) is 2.18. The summed E-state index contributed by atoms with van der Waals surface area (Å²) in [6.07, 6.45) is 8.64. The van der Waals surface area contributed by atoms with Gasteiger partial charge >= 0.3 is 0 Å². The highest BCUT2D eigenvalue weighted by molar-refractivity contribution is 5.16. The average Bonchev–Trinajstić information content (AvgIpc) is 2.49. The summed E-state index contributed by atoms with van der Waals surface area (Å²) in [6, 6.07) is 6.07. The number of hydrogen-bond donors (Lipinski definition) is 1. The predicted molar refractivity (Wildman–Crippen MR) is 73.9 cm³/mol. The van der Waals surface area contributed by atoms with Crippen molar-refractivity contribution in [1.82, 2.24) is 20.3 Å². The van der Waals surface area contributed by atoms with Gasteiger partial charge in [0.1, 0.15) is 5.82 Å². The molecule has 98 valence electrons. The molecule has 4 nitrogen and oxygen atoms in total. The summed E-state index contributed by atoms with van der Waals surface area (Å²) in [5, 5.41) is 3.39. The highest BCUT2D eigenvalue weighted by Gasteiger charge is 2.16. The van der Waals surface area contributed by atoms with Crippen molar-refractivity contribution in [1.29, 1.82) is 0 Å². The van der Waals surface area contributed by atoms with Crippen LogP contribution in [0.15, 0.2) is 36.8 Å². The van der Waals surface area contributed by atoms with E-state index in [4.69, 9.17) is 4.98 Å². The van der Waals surface area contributed by atoms with Gasteiger partial charge in [-0.15, -0.1) is 0 Å². The molecule has 1 aliphatic heterocycles.